The third-order valence-electron chi connectivity index (χ3n) is 4.69. The van der Waals surface area contributed by atoms with E-state index in [1.165, 1.54) is 34.2 Å². The van der Waals surface area contributed by atoms with Crippen molar-refractivity contribution in [1.29, 1.82) is 0 Å². The van der Waals surface area contributed by atoms with E-state index in [0.717, 1.165) is 25.7 Å². The molecule has 3 aromatic rings. The first kappa shape index (κ1) is 23.6. The van der Waals surface area contributed by atoms with Gasteiger partial charge >= 0.3 is 0 Å². The van der Waals surface area contributed by atoms with Gasteiger partial charge in [-0.25, -0.2) is 0 Å². The van der Waals surface area contributed by atoms with Crippen LogP contribution in [0.1, 0.15) is 43.4 Å². The Balaban J connectivity index is 1.47. The fraction of sp³-hybridized carbons (Fsp3) is 0.348. The highest BCUT2D eigenvalue weighted by Crippen LogP contribution is 2.33. The Bertz CT molecular complexity index is 990. The van der Waals surface area contributed by atoms with Crippen molar-refractivity contribution in [2.45, 2.75) is 52.9 Å². The summed E-state index contributed by atoms with van der Waals surface area (Å²) in [4.78, 5) is 12.5. The molecule has 1 unspecified atom stereocenters. The zero-order valence-corrected chi connectivity index (χ0v) is 20.6. The molecule has 0 bridgehead atoms. The van der Waals surface area contributed by atoms with Crippen LogP contribution in [0.2, 0.25) is 0 Å². The summed E-state index contributed by atoms with van der Waals surface area (Å²) in [6.07, 6.45) is 0. The molecule has 0 aliphatic heterocycles. The largest absolute Gasteiger partial charge is 0.496 e. The average Bonchev–Trinajstić information content (AvgIpc) is 3.23. The number of carbonyl (C=O) groups excluding carboxylic acids is 1. The number of benzene rings is 2. The quantitative estimate of drug-likeness (QED) is 0.378. The number of nitrogens with one attached hydrogen (secondary N) is 1. The Kier molecular flexibility index (Phi) is 8.80. The topological polar surface area (TPSA) is 64.1 Å². The molecule has 164 valence electrons. The lowest BCUT2D eigenvalue weighted by molar-refractivity contribution is -0.120. The molecule has 1 N–H and O–H groups in total. The van der Waals surface area contributed by atoms with E-state index in [0.29, 0.717) is 12.5 Å². The van der Waals surface area contributed by atoms with Gasteiger partial charge in [0, 0.05) is 17.9 Å². The Morgan fingerprint density at radius 2 is 1.77 bits per heavy atom. The Labute approximate surface area is 196 Å². The van der Waals surface area contributed by atoms with Crippen molar-refractivity contribution < 1.29 is 9.53 Å². The van der Waals surface area contributed by atoms with Crippen molar-refractivity contribution in [3.8, 4) is 5.75 Å². The SMILES string of the molecule is COc1ccccc1CNC(=O)C(C)Sc1nnc(SCc2ccc(C(C)C)cc2)s1. The van der Waals surface area contributed by atoms with Gasteiger partial charge in [0.25, 0.3) is 0 Å². The molecule has 0 saturated carbocycles. The van der Waals surface area contributed by atoms with Crippen molar-refractivity contribution >= 4 is 40.8 Å². The van der Waals surface area contributed by atoms with Gasteiger partial charge in [-0.15, -0.1) is 10.2 Å². The van der Waals surface area contributed by atoms with E-state index in [9.17, 15) is 4.79 Å². The van der Waals surface area contributed by atoms with Gasteiger partial charge in [-0.3, -0.25) is 4.79 Å². The van der Waals surface area contributed by atoms with Crippen LogP contribution in [0.25, 0.3) is 0 Å². The minimum atomic E-state index is -0.260. The van der Waals surface area contributed by atoms with Gasteiger partial charge in [-0.2, -0.15) is 0 Å². The first-order valence-corrected chi connectivity index (χ1v) is 12.8. The van der Waals surface area contributed by atoms with E-state index >= 15 is 0 Å². The second kappa shape index (κ2) is 11.5. The summed E-state index contributed by atoms with van der Waals surface area (Å²) in [6.45, 7) is 6.71. The van der Waals surface area contributed by atoms with Crippen molar-refractivity contribution in [2.24, 2.45) is 0 Å². The van der Waals surface area contributed by atoms with E-state index in [1.54, 1.807) is 18.9 Å². The third kappa shape index (κ3) is 6.98. The van der Waals surface area contributed by atoms with E-state index in [1.807, 2.05) is 31.2 Å². The maximum atomic E-state index is 12.5. The van der Waals surface area contributed by atoms with Crippen LogP contribution in [0.5, 0.6) is 5.75 Å². The molecule has 1 amide bonds. The minimum Gasteiger partial charge on any atom is -0.496 e. The number of ether oxygens (including phenoxy) is 1. The van der Waals surface area contributed by atoms with Gasteiger partial charge in [0.1, 0.15) is 5.75 Å². The number of rotatable bonds is 10. The van der Waals surface area contributed by atoms with Crippen LogP contribution < -0.4 is 10.1 Å². The summed E-state index contributed by atoms with van der Waals surface area (Å²) in [5, 5.41) is 11.2. The van der Waals surface area contributed by atoms with Gasteiger partial charge in [0.15, 0.2) is 8.68 Å². The smallest absolute Gasteiger partial charge is 0.233 e. The number of hydrogen-bond donors (Lipinski definition) is 1. The van der Waals surface area contributed by atoms with Crippen LogP contribution >= 0.6 is 34.9 Å². The van der Waals surface area contributed by atoms with Gasteiger partial charge in [-0.1, -0.05) is 91.2 Å². The van der Waals surface area contributed by atoms with Crippen molar-refractivity contribution in [3.05, 3.63) is 65.2 Å². The molecule has 31 heavy (non-hydrogen) atoms. The highest BCUT2D eigenvalue weighted by atomic mass is 32.2. The normalized spacial score (nSPS) is 12.0. The summed E-state index contributed by atoms with van der Waals surface area (Å²) in [5.74, 6) is 2.13. The van der Waals surface area contributed by atoms with Crippen molar-refractivity contribution in [2.75, 3.05) is 7.11 Å². The highest BCUT2D eigenvalue weighted by molar-refractivity contribution is 8.03. The van der Waals surface area contributed by atoms with Crippen LogP contribution in [-0.2, 0) is 17.1 Å². The number of methoxy groups -OCH3 is 1. The van der Waals surface area contributed by atoms with Crippen LogP contribution in [0.4, 0.5) is 0 Å². The summed E-state index contributed by atoms with van der Waals surface area (Å²) in [5.41, 5.74) is 3.57. The predicted octanol–water partition coefficient (Wildman–Crippen LogP) is 5.76. The summed E-state index contributed by atoms with van der Waals surface area (Å²) in [6, 6.07) is 16.4. The molecule has 8 heteroatoms. The maximum absolute atomic E-state index is 12.5. The molecule has 0 aliphatic rings. The number of amides is 1. The lowest BCUT2D eigenvalue weighted by atomic mass is 10.0. The molecule has 1 atom stereocenters. The predicted molar refractivity (Wildman–Crippen MR) is 130 cm³/mol. The lowest BCUT2D eigenvalue weighted by Crippen LogP contribution is -2.30. The molecule has 2 aromatic carbocycles. The van der Waals surface area contributed by atoms with Crippen LogP contribution in [-0.4, -0.2) is 28.5 Å². The summed E-state index contributed by atoms with van der Waals surface area (Å²) in [7, 11) is 1.63. The number of nitrogens with zero attached hydrogens (tertiary/aromatic N) is 2. The molecule has 0 saturated heterocycles. The van der Waals surface area contributed by atoms with E-state index < -0.39 is 0 Å². The molecule has 1 heterocycles. The monoisotopic (exact) mass is 473 g/mol. The van der Waals surface area contributed by atoms with Gasteiger partial charge < -0.3 is 10.1 Å². The third-order valence-corrected chi connectivity index (χ3v) is 8.00. The average molecular weight is 474 g/mol. The van der Waals surface area contributed by atoms with Crippen LogP contribution in [0.15, 0.2) is 57.2 Å². The molecule has 0 fully saturated rings. The fourth-order valence-electron chi connectivity index (χ4n) is 2.83. The second-order valence-electron chi connectivity index (χ2n) is 7.31. The first-order chi connectivity index (χ1) is 15.0. The van der Waals surface area contributed by atoms with E-state index in [-0.39, 0.29) is 11.2 Å². The van der Waals surface area contributed by atoms with Gasteiger partial charge in [0.2, 0.25) is 5.91 Å². The maximum Gasteiger partial charge on any atom is 0.233 e. The first-order valence-electron chi connectivity index (χ1n) is 10.1. The molecular weight excluding hydrogens is 446 g/mol. The van der Waals surface area contributed by atoms with Crippen LogP contribution in [0, 0.1) is 0 Å². The molecule has 0 radical (unpaired) electrons. The summed E-state index contributed by atoms with van der Waals surface area (Å²) < 4.78 is 7.05. The standard InChI is InChI=1S/C23H27N3O2S3/c1-15(2)18-11-9-17(10-12-18)14-29-22-25-26-23(31-22)30-16(3)21(27)24-13-19-7-5-6-8-20(19)28-4/h5-12,15-16H,13-14H2,1-4H3,(H,24,27). The second-order valence-corrected chi connectivity index (χ2v) is 11.1. The highest BCUT2D eigenvalue weighted by Gasteiger charge is 2.17. The lowest BCUT2D eigenvalue weighted by Gasteiger charge is -2.12. The van der Waals surface area contributed by atoms with Gasteiger partial charge in [-0.05, 0) is 30.0 Å². The molecule has 0 spiro atoms. The number of hydrogen-bond acceptors (Lipinski definition) is 7. The Morgan fingerprint density at radius 3 is 2.48 bits per heavy atom. The van der Waals surface area contributed by atoms with E-state index in [2.05, 4.69) is 53.6 Å². The molecule has 0 aliphatic carbocycles. The zero-order chi connectivity index (χ0) is 22.2. The molecular formula is C23H27N3O2S3. The fourth-order valence-corrected chi connectivity index (χ4v) is 5.97. The number of carbonyl (C=O) groups is 1. The minimum absolute atomic E-state index is 0.0365. The number of aromatic nitrogens is 2. The van der Waals surface area contributed by atoms with Crippen molar-refractivity contribution in [3.63, 3.8) is 0 Å². The van der Waals surface area contributed by atoms with Gasteiger partial charge in [0.05, 0.1) is 12.4 Å². The zero-order valence-electron chi connectivity index (χ0n) is 18.1. The summed E-state index contributed by atoms with van der Waals surface area (Å²) >= 11 is 4.64. The molecule has 1 aromatic heterocycles. The molecule has 5 nitrogen and oxygen atoms in total. The van der Waals surface area contributed by atoms with Crippen LogP contribution in [0.3, 0.4) is 0 Å². The number of para-hydroxylation sites is 1. The number of thioether (sulfide) groups is 2. The van der Waals surface area contributed by atoms with E-state index in [4.69, 9.17) is 4.74 Å². The Morgan fingerprint density at radius 1 is 1.06 bits per heavy atom. The Hall–Kier alpha value is -2.03. The molecule has 3 rings (SSSR count). The van der Waals surface area contributed by atoms with Crippen molar-refractivity contribution in [1.82, 2.24) is 15.5 Å².